The van der Waals surface area contributed by atoms with Gasteiger partial charge in [0.15, 0.2) is 12.6 Å². The van der Waals surface area contributed by atoms with Crippen molar-refractivity contribution in [2.45, 2.75) is 6.92 Å². The summed E-state index contributed by atoms with van der Waals surface area (Å²) in [6, 6.07) is 0. The predicted molar refractivity (Wildman–Crippen MR) is 38.7 cm³/mol. The van der Waals surface area contributed by atoms with Crippen molar-refractivity contribution >= 4 is 5.91 Å². The summed E-state index contributed by atoms with van der Waals surface area (Å²) in [6.07, 6.45) is 0. The van der Waals surface area contributed by atoms with Gasteiger partial charge in [0.05, 0.1) is 0 Å². The molecule has 0 radical (unpaired) electrons. The molecule has 0 aliphatic carbocycles. The van der Waals surface area contributed by atoms with Gasteiger partial charge in [-0.25, -0.2) is 0 Å². The Labute approximate surface area is 64.8 Å². The van der Waals surface area contributed by atoms with E-state index in [1.165, 1.54) is 6.92 Å². The molecule has 5 heteroatoms. The molecule has 0 unspecified atom stereocenters. The Morgan fingerprint density at radius 3 is 2.82 bits per heavy atom. The molecule has 0 atom stereocenters. The van der Waals surface area contributed by atoms with Gasteiger partial charge >= 0.3 is 0 Å². The lowest BCUT2D eigenvalue weighted by atomic mass is 10.6. The fourth-order valence-corrected chi connectivity index (χ4v) is 0.738. The summed E-state index contributed by atoms with van der Waals surface area (Å²) < 4.78 is 5.04. The molecule has 3 N–H and O–H groups in total. The van der Waals surface area contributed by atoms with Crippen LogP contribution in [-0.2, 0) is 9.53 Å². The van der Waals surface area contributed by atoms with Crippen molar-refractivity contribution in [3.63, 3.8) is 0 Å². The molecule has 62 valence electrons. The summed E-state index contributed by atoms with van der Waals surface area (Å²) >= 11 is 0. The van der Waals surface area contributed by atoms with E-state index in [1.54, 1.807) is 11.9 Å². The van der Waals surface area contributed by atoms with E-state index in [9.17, 15) is 4.79 Å². The van der Waals surface area contributed by atoms with Crippen molar-refractivity contribution in [2.24, 2.45) is 5.73 Å². The monoisotopic (exact) mass is 157 g/mol. The zero-order valence-electron chi connectivity index (χ0n) is 6.55. The highest BCUT2D eigenvalue weighted by Gasteiger charge is 2.18. The molecular weight excluding hydrogens is 146 g/mol. The Morgan fingerprint density at radius 1 is 1.82 bits per heavy atom. The van der Waals surface area contributed by atoms with Gasteiger partial charge in [-0.3, -0.25) is 10.1 Å². The summed E-state index contributed by atoms with van der Waals surface area (Å²) in [6.45, 7) is 1.80. The van der Waals surface area contributed by atoms with E-state index in [4.69, 9.17) is 10.5 Å². The van der Waals surface area contributed by atoms with Gasteiger partial charge in [-0.05, 0) is 0 Å². The van der Waals surface area contributed by atoms with Gasteiger partial charge in [-0.2, -0.15) is 0 Å². The van der Waals surface area contributed by atoms with E-state index < -0.39 is 0 Å². The molecule has 0 aromatic carbocycles. The van der Waals surface area contributed by atoms with Gasteiger partial charge in [-0.1, -0.05) is 0 Å². The molecule has 1 aliphatic rings. The van der Waals surface area contributed by atoms with Gasteiger partial charge in [0.1, 0.15) is 0 Å². The number of hydrogen-bond donors (Lipinski definition) is 2. The van der Waals surface area contributed by atoms with Gasteiger partial charge in [0.25, 0.3) is 0 Å². The highest BCUT2D eigenvalue weighted by Crippen LogP contribution is 2.10. The van der Waals surface area contributed by atoms with Crippen molar-refractivity contribution in [3.05, 3.63) is 11.7 Å². The summed E-state index contributed by atoms with van der Waals surface area (Å²) in [7, 11) is 1.78. The van der Waals surface area contributed by atoms with Crippen LogP contribution in [0, 0.1) is 0 Å². The fraction of sp³-hybridized carbons (Fsp3) is 0.500. The molecule has 1 heterocycles. The molecule has 1 rings (SSSR count). The third kappa shape index (κ3) is 1.54. The van der Waals surface area contributed by atoms with Gasteiger partial charge in [0.2, 0.25) is 11.8 Å². The number of nitrogens with two attached hydrogens (primary N) is 1. The minimum Gasteiger partial charge on any atom is -0.455 e. The van der Waals surface area contributed by atoms with Crippen LogP contribution in [0.3, 0.4) is 0 Å². The normalized spacial score (nSPS) is 16.7. The quantitative estimate of drug-likeness (QED) is 0.519. The first-order chi connectivity index (χ1) is 5.11. The molecule has 0 spiro atoms. The van der Waals surface area contributed by atoms with Crippen molar-refractivity contribution in [2.75, 3.05) is 13.8 Å². The van der Waals surface area contributed by atoms with Crippen molar-refractivity contribution in [1.29, 1.82) is 0 Å². The maximum absolute atomic E-state index is 10.6. The molecule has 0 saturated heterocycles. The van der Waals surface area contributed by atoms with Gasteiger partial charge in [0, 0.05) is 14.0 Å². The molecule has 0 fully saturated rings. The molecule has 5 nitrogen and oxygen atoms in total. The van der Waals surface area contributed by atoms with Crippen LogP contribution in [0.2, 0.25) is 0 Å². The minimum absolute atomic E-state index is 0.182. The van der Waals surface area contributed by atoms with E-state index in [1.807, 2.05) is 0 Å². The molecule has 1 amide bonds. The highest BCUT2D eigenvalue weighted by molar-refractivity contribution is 5.74. The molecule has 1 aliphatic heterocycles. The van der Waals surface area contributed by atoms with E-state index >= 15 is 0 Å². The van der Waals surface area contributed by atoms with E-state index in [0.717, 1.165) is 0 Å². The summed E-state index contributed by atoms with van der Waals surface area (Å²) in [5.74, 6) is 0.624. The van der Waals surface area contributed by atoms with Crippen molar-refractivity contribution in [3.8, 4) is 0 Å². The number of nitrogens with zero attached hydrogens (tertiary/aromatic N) is 1. The molecule has 0 aromatic heterocycles. The molecule has 0 aromatic rings. The Balaban J connectivity index is 2.64. The fourth-order valence-electron chi connectivity index (χ4n) is 0.738. The lowest BCUT2D eigenvalue weighted by molar-refractivity contribution is -0.119. The lowest BCUT2D eigenvalue weighted by Gasteiger charge is -2.06. The summed E-state index contributed by atoms with van der Waals surface area (Å²) in [5.41, 5.74) is 5.54. The SMILES string of the molecule is CC(=O)NC1=C(N)N(C)CO1. The Hall–Kier alpha value is -1.39. The van der Waals surface area contributed by atoms with Gasteiger partial charge < -0.3 is 15.4 Å². The van der Waals surface area contributed by atoms with Crippen LogP contribution < -0.4 is 11.1 Å². The van der Waals surface area contributed by atoms with Crippen molar-refractivity contribution in [1.82, 2.24) is 10.2 Å². The lowest BCUT2D eigenvalue weighted by Crippen LogP contribution is -2.24. The van der Waals surface area contributed by atoms with Crippen LogP contribution in [0.1, 0.15) is 6.92 Å². The van der Waals surface area contributed by atoms with Crippen LogP contribution in [0.15, 0.2) is 11.7 Å². The third-order valence-corrected chi connectivity index (χ3v) is 1.34. The van der Waals surface area contributed by atoms with E-state index in [-0.39, 0.29) is 5.91 Å². The largest absolute Gasteiger partial charge is 0.455 e. The maximum Gasteiger partial charge on any atom is 0.236 e. The van der Waals surface area contributed by atoms with E-state index in [0.29, 0.717) is 18.4 Å². The minimum atomic E-state index is -0.182. The van der Waals surface area contributed by atoms with Crippen LogP contribution >= 0.6 is 0 Å². The topological polar surface area (TPSA) is 67.6 Å². The first-order valence-corrected chi connectivity index (χ1v) is 3.22. The molecular formula is C6H11N3O2. The average Bonchev–Trinajstić information content (AvgIpc) is 2.18. The van der Waals surface area contributed by atoms with E-state index in [2.05, 4.69) is 5.32 Å². The van der Waals surface area contributed by atoms with Crippen LogP contribution in [0.5, 0.6) is 0 Å². The van der Waals surface area contributed by atoms with Crippen LogP contribution in [0.4, 0.5) is 0 Å². The third-order valence-electron chi connectivity index (χ3n) is 1.34. The number of carbonyl (C=O) groups excluding carboxylic acids is 1. The second-order valence-corrected chi connectivity index (χ2v) is 2.37. The molecule has 0 saturated carbocycles. The number of rotatable bonds is 1. The molecule has 11 heavy (non-hydrogen) atoms. The number of ether oxygens (including phenoxy) is 1. The Kier molecular flexibility index (Phi) is 1.89. The number of nitrogens with one attached hydrogen (secondary N) is 1. The predicted octanol–water partition coefficient (Wildman–Crippen LogP) is -0.873. The first-order valence-electron chi connectivity index (χ1n) is 3.22. The first kappa shape index (κ1) is 7.71. The standard InChI is InChI=1S/C6H11N3O2/c1-4(10)8-6-5(7)9(2)3-11-6/h3,7H2,1-2H3,(H,8,10). The average molecular weight is 157 g/mol. The van der Waals surface area contributed by atoms with Gasteiger partial charge in [-0.15, -0.1) is 0 Å². The van der Waals surface area contributed by atoms with Crippen LogP contribution in [0.25, 0.3) is 0 Å². The zero-order valence-corrected chi connectivity index (χ0v) is 6.55. The number of amides is 1. The Bertz CT molecular complexity index is 212. The Morgan fingerprint density at radius 2 is 2.45 bits per heavy atom. The van der Waals surface area contributed by atoms with Crippen molar-refractivity contribution < 1.29 is 9.53 Å². The smallest absolute Gasteiger partial charge is 0.236 e. The zero-order chi connectivity index (χ0) is 8.43. The summed E-state index contributed by atoms with van der Waals surface area (Å²) in [4.78, 5) is 12.3. The number of carbonyl (C=O) groups is 1. The summed E-state index contributed by atoms with van der Waals surface area (Å²) in [5, 5.41) is 2.47. The van der Waals surface area contributed by atoms with Crippen LogP contribution in [-0.4, -0.2) is 24.6 Å². The number of hydrogen-bond acceptors (Lipinski definition) is 4. The maximum atomic E-state index is 10.6. The second-order valence-electron chi connectivity index (χ2n) is 2.37. The highest BCUT2D eigenvalue weighted by atomic mass is 16.5. The molecule has 0 bridgehead atoms. The second kappa shape index (κ2) is 2.69.